The summed E-state index contributed by atoms with van der Waals surface area (Å²) >= 11 is 0. The second kappa shape index (κ2) is 7.29. The minimum absolute atomic E-state index is 0.651. The summed E-state index contributed by atoms with van der Waals surface area (Å²) in [6.45, 7) is 10.5. The Balaban J connectivity index is 2.09. The molecule has 0 aliphatic carbocycles. The predicted octanol–water partition coefficient (Wildman–Crippen LogP) is 2.93. The van der Waals surface area contributed by atoms with Crippen LogP contribution in [0.5, 0.6) is 0 Å². The number of hydrogen-bond donors (Lipinski definition) is 2. The van der Waals surface area contributed by atoms with Crippen molar-refractivity contribution >= 4 is 0 Å². The van der Waals surface area contributed by atoms with E-state index >= 15 is 0 Å². The van der Waals surface area contributed by atoms with Crippen LogP contribution in [0, 0.1) is 5.92 Å². The van der Waals surface area contributed by atoms with Crippen LogP contribution in [-0.4, -0.2) is 24.7 Å². The highest BCUT2D eigenvalue weighted by atomic mass is 15.0. The molecule has 0 radical (unpaired) electrons. The van der Waals surface area contributed by atoms with E-state index in [0.29, 0.717) is 12.1 Å². The highest BCUT2D eigenvalue weighted by Crippen LogP contribution is 2.12. The Kier molecular flexibility index (Phi) is 6.37. The summed E-state index contributed by atoms with van der Waals surface area (Å²) in [4.78, 5) is 0. The minimum Gasteiger partial charge on any atom is -0.314 e. The molecule has 1 saturated heterocycles. The van der Waals surface area contributed by atoms with Crippen molar-refractivity contribution in [1.82, 2.24) is 10.6 Å². The maximum atomic E-state index is 3.72. The van der Waals surface area contributed by atoms with Crippen molar-refractivity contribution in [2.75, 3.05) is 6.54 Å². The second-order valence-corrected chi connectivity index (χ2v) is 5.97. The molecular formula is C14H30N2. The molecule has 2 heteroatoms. The molecule has 16 heavy (non-hydrogen) atoms. The molecule has 0 amide bonds. The zero-order chi connectivity index (χ0) is 12.0. The minimum atomic E-state index is 0.651. The summed E-state index contributed by atoms with van der Waals surface area (Å²) in [5.41, 5.74) is 0. The topological polar surface area (TPSA) is 24.1 Å². The second-order valence-electron chi connectivity index (χ2n) is 5.97. The Morgan fingerprint density at radius 3 is 2.44 bits per heavy atom. The number of hydrogen-bond acceptors (Lipinski definition) is 2. The van der Waals surface area contributed by atoms with Crippen molar-refractivity contribution in [1.29, 1.82) is 0 Å². The van der Waals surface area contributed by atoms with Gasteiger partial charge in [0.25, 0.3) is 0 Å². The first-order chi connectivity index (χ1) is 7.58. The van der Waals surface area contributed by atoms with Crippen LogP contribution in [0.2, 0.25) is 0 Å². The maximum Gasteiger partial charge on any atom is 0.00822 e. The van der Waals surface area contributed by atoms with E-state index in [2.05, 4.69) is 38.3 Å². The predicted molar refractivity (Wildman–Crippen MR) is 71.8 cm³/mol. The summed E-state index contributed by atoms with van der Waals surface area (Å²) in [5, 5.41) is 7.29. The van der Waals surface area contributed by atoms with Gasteiger partial charge in [0.05, 0.1) is 0 Å². The summed E-state index contributed by atoms with van der Waals surface area (Å²) in [6.07, 6.45) is 6.65. The Hall–Kier alpha value is -0.0800. The van der Waals surface area contributed by atoms with E-state index in [0.717, 1.165) is 12.0 Å². The molecule has 0 aromatic carbocycles. The first-order valence-electron chi connectivity index (χ1n) is 7.07. The highest BCUT2D eigenvalue weighted by molar-refractivity contribution is 4.79. The molecule has 3 atom stereocenters. The van der Waals surface area contributed by atoms with Gasteiger partial charge in [-0.2, -0.15) is 0 Å². The number of nitrogens with one attached hydrogen (secondary N) is 2. The van der Waals surface area contributed by atoms with Gasteiger partial charge in [0, 0.05) is 18.1 Å². The molecule has 1 aliphatic rings. The van der Waals surface area contributed by atoms with Gasteiger partial charge in [-0.3, -0.25) is 0 Å². The molecular weight excluding hydrogens is 196 g/mol. The third-order valence-electron chi connectivity index (χ3n) is 3.55. The summed E-state index contributed by atoms with van der Waals surface area (Å²) in [7, 11) is 0. The van der Waals surface area contributed by atoms with E-state index < -0.39 is 0 Å². The lowest BCUT2D eigenvalue weighted by Crippen LogP contribution is -2.38. The smallest absolute Gasteiger partial charge is 0.00822 e. The standard InChI is InChI=1S/C14H30N2/c1-11(2)7-8-12(3)16-13(4)10-14-6-5-9-15-14/h11-16H,5-10H2,1-4H3. The van der Waals surface area contributed by atoms with Gasteiger partial charge in [0.1, 0.15) is 0 Å². The molecule has 0 aromatic heterocycles. The molecule has 0 spiro atoms. The fraction of sp³-hybridized carbons (Fsp3) is 1.00. The summed E-state index contributed by atoms with van der Waals surface area (Å²) in [5.74, 6) is 0.830. The van der Waals surface area contributed by atoms with Gasteiger partial charge in [0.2, 0.25) is 0 Å². The van der Waals surface area contributed by atoms with E-state index in [-0.39, 0.29) is 0 Å². The maximum absolute atomic E-state index is 3.72. The lowest BCUT2D eigenvalue weighted by atomic mass is 10.0. The third-order valence-corrected chi connectivity index (χ3v) is 3.55. The highest BCUT2D eigenvalue weighted by Gasteiger charge is 2.17. The molecule has 2 N–H and O–H groups in total. The molecule has 0 bridgehead atoms. The van der Waals surface area contributed by atoms with Crippen LogP contribution >= 0.6 is 0 Å². The average molecular weight is 226 g/mol. The van der Waals surface area contributed by atoms with E-state index in [4.69, 9.17) is 0 Å². The largest absolute Gasteiger partial charge is 0.314 e. The molecule has 0 saturated carbocycles. The van der Waals surface area contributed by atoms with Gasteiger partial charge in [-0.05, 0) is 58.4 Å². The molecule has 1 fully saturated rings. The van der Waals surface area contributed by atoms with Gasteiger partial charge in [-0.1, -0.05) is 13.8 Å². The van der Waals surface area contributed by atoms with Crippen molar-refractivity contribution in [3.63, 3.8) is 0 Å². The monoisotopic (exact) mass is 226 g/mol. The van der Waals surface area contributed by atoms with Crippen molar-refractivity contribution < 1.29 is 0 Å². The van der Waals surface area contributed by atoms with Crippen LogP contribution in [0.3, 0.4) is 0 Å². The van der Waals surface area contributed by atoms with Crippen LogP contribution in [-0.2, 0) is 0 Å². The van der Waals surface area contributed by atoms with Gasteiger partial charge in [-0.25, -0.2) is 0 Å². The zero-order valence-corrected chi connectivity index (χ0v) is 11.6. The lowest BCUT2D eigenvalue weighted by Gasteiger charge is -2.23. The summed E-state index contributed by atoms with van der Waals surface area (Å²) in [6, 6.07) is 2.08. The van der Waals surface area contributed by atoms with Gasteiger partial charge in [0.15, 0.2) is 0 Å². The Labute approximate surface area is 102 Å². The van der Waals surface area contributed by atoms with Crippen LogP contribution < -0.4 is 10.6 Å². The van der Waals surface area contributed by atoms with Crippen LogP contribution in [0.1, 0.15) is 59.8 Å². The van der Waals surface area contributed by atoms with Crippen molar-refractivity contribution in [2.45, 2.75) is 77.9 Å². The Morgan fingerprint density at radius 1 is 1.12 bits per heavy atom. The van der Waals surface area contributed by atoms with E-state index in [1.54, 1.807) is 0 Å². The zero-order valence-electron chi connectivity index (χ0n) is 11.6. The number of rotatable bonds is 7. The molecule has 3 unspecified atom stereocenters. The van der Waals surface area contributed by atoms with E-state index in [1.807, 2.05) is 0 Å². The van der Waals surface area contributed by atoms with Gasteiger partial charge < -0.3 is 10.6 Å². The van der Waals surface area contributed by atoms with Crippen LogP contribution in [0.4, 0.5) is 0 Å². The normalized spacial score (nSPS) is 24.9. The molecule has 1 aliphatic heterocycles. The molecule has 2 nitrogen and oxygen atoms in total. The van der Waals surface area contributed by atoms with Crippen LogP contribution in [0.25, 0.3) is 0 Å². The van der Waals surface area contributed by atoms with Crippen molar-refractivity contribution in [3.05, 3.63) is 0 Å². The molecule has 96 valence electrons. The first kappa shape index (κ1) is 14.0. The Morgan fingerprint density at radius 2 is 1.88 bits per heavy atom. The molecule has 1 heterocycles. The SMILES string of the molecule is CC(C)CCC(C)NC(C)CC1CCCN1. The third kappa shape index (κ3) is 5.86. The Bertz CT molecular complexity index is 174. The van der Waals surface area contributed by atoms with E-state index in [9.17, 15) is 0 Å². The van der Waals surface area contributed by atoms with Crippen LogP contribution in [0.15, 0.2) is 0 Å². The summed E-state index contributed by atoms with van der Waals surface area (Å²) < 4.78 is 0. The lowest BCUT2D eigenvalue weighted by molar-refractivity contribution is 0.374. The fourth-order valence-electron chi connectivity index (χ4n) is 2.61. The van der Waals surface area contributed by atoms with Crippen molar-refractivity contribution in [2.24, 2.45) is 5.92 Å². The van der Waals surface area contributed by atoms with Gasteiger partial charge >= 0.3 is 0 Å². The fourth-order valence-corrected chi connectivity index (χ4v) is 2.61. The average Bonchev–Trinajstić information content (AvgIpc) is 2.67. The quantitative estimate of drug-likeness (QED) is 0.697. The van der Waals surface area contributed by atoms with Crippen molar-refractivity contribution in [3.8, 4) is 0 Å². The van der Waals surface area contributed by atoms with Gasteiger partial charge in [-0.15, -0.1) is 0 Å². The van der Waals surface area contributed by atoms with E-state index in [1.165, 1.54) is 38.6 Å². The molecule has 0 aromatic rings. The molecule has 1 rings (SSSR count). The first-order valence-corrected chi connectivity index (χ1v) is 7.07.